The van der Waals surface area contributed by atoms with Crippen LogP contribution < -0.4 is 0 Å². The van der Waals surface area contributed by atoms with Crippen molar-refractivity contribution in [2.45, 2.75) is 0 Å². The predicted octanol–water partition coefficient (Wildman–Crippen LogP) is -1.49. The number of hydrogen-bond donors (Lipinski definition) is 4. The van der Waals surface area contributed by atoms with Gasteiger partial charge in [0.2, 0.25) is 0 Å². The molecule has 0 rings (SSSR count). The molecule has 0 heterocycles. The van der Waals surface area contributed by atoms with Gasteiger partial charge in [-0.3, -0.25) is 0 Å². The molecule has 5 nitrogen and oxygen atoms in total. The molecule has 0 radical (unpaired) electrons. The first-order chi connectivity index (χ1) is 3.00. The van der Waals surface area contributed by atoms with Crippen LogP contribution in [0.1, 0.15) is 0 Å². The first-order valence-electron chi connectivity index (χ1n) is 0.941. The number of rotatable bonds is 0. The summed E-state index contributed by atoms with van der Waals surface area (Å²) in [5.41, 5.74) is 0. The maximum absolute atomic E-state index is 8.88. The molecule has 0 aromatic heterocycles. The Hall–Kier alpha value is 0.589. The molecule has 0 aliphatic heterocycles. The molecule has 0 aromatic carbocycles. The van der Waals surface area contributed by atoms with E-state index in [0.717, 1.165) is 0 Å². The minimum atomic E-state index is -4.64. The zero-order valence-corrected chi connectivity index (χ0v) is 5.00. The third kappa shape index (κ3) is 399. The summed E-state index contributed by atoms with van der Waals surface area (Å²) >= 11 is 2.25. The summed E-state index contributed by atoms with van der Waals surface area (Å²) in [7, 11) is -4.64. The van der Waals surface area contributed by atoms with E-state index >= 15 is 0 Å². The van der Waals surface area contributed by atoms with E-state index in [9.17, 15) is 0 Å². The van der Waals surface area contributed by atoms with E-state index in [2.05, 4.69) is 16.3 Å². The van der Waals surface area contributed by atoms with Crippen LogP contribution in [0.3, 0.4) is 0 Å². The second kappa shape index (κ2) is 4.74. The molecule has 7 heavy (non-hydrogen) atoms. The summed E-state index contributed by atoms with van der Waals surface area (Å²) < 4.78 is 15.6. The summed E-state index contributed by atoms with van der Waals surface area (Å²) in [4.78, 5) is 21.6. The predicted molar refractivity (Wildman–Crippen MR) is 16.5 cm³/mol. The Labute approximate surface area is 48.4 Å². The fraction of sp³-hybridized carbons (Fsp3) is 0. The van der Waals surface area contributed by atoms with Gasteiger partial charge in [-0.1, -0.05) is 0 Å². The van der Waals surface area contributed by atoms with Crippen molar-refractivity contribution in [3.8, 4) is 0 Å². The van der Waals surface area contributed by atoms with Crippen LogP contribution in [0.4, 0.5) is 0 Å². The van der Waals surface area contributed by atoms with Gasteiger partial charge in [-0.2, -0.15) is 0 Å². The molecule has 4 N–H and O–H groups in total. The van der Waals surface area contributed by atoms with E-state index in [1.807, 2.05) is 0 Å². The van der Waals surface area contributed by atoms with Crippen molar-refractivity contribution in [1.82, 2.24) is 0 Å². The fourth-order valence-electron chi connectivity index (χ4n) is 0. The van der Waals surface area contributed by atoms with Gasteiger partial charge in [-0.25, -0.2) is 4.57 Å². The molecule has 0 saturated carbocycles. The van der Waals surface area contributed by atoms with Crippen LogP contribution >= 0.6 is 7.82 Å². The Morgan fingerprint density at radius 3 is 1.14 bits per heavy atom. The summed E-state index contributed by atoms with van der Waals surface area (Å²) in [6.07, 6.45) is 0. The summed E-state index contributed by atoms with van der Waals surface area (Å²) in [5.74, 6) is 0. The number of hydrogen-bond acceptors (Lipinski definition) is 2. The standard InChI is InChI=1S/Fe.H3O4P.H2O/c;1-5(2,3)4;/h;(H3,1,2,3,4);1H2/q+1;;/p-1. The van der Waals surface area contributed by atoms with E-state index in [0.29, 0.717) is 0 Å². The van der Waals surface area contributed by atoms with Gasteiger partial charge in [0.25, 0.3) is 0 Å². The minimum absolute atomic E-state index is 2.25. The molecule has 0 spiro atoms. The van der Waals surface area contributed by atoms with Crippen LogP contribution in [-0.2, 0) is 20.9 Å². The molecule has 0 aliphatic carbocycles. The molecular weight excluding hydrogens is 167 g/mol. The van der Waals surface area contributed by atoms with Crippen molar-refractivity contribution in [1.29, 1.82) is 0 Å². The molecule has 0 saturated heterocycles. The second-order valence-electron chi connectivity index (χ2n) is 0.513. The normalized spacial score (nSPS) is 9.29. The molecule has 0 aromatic rings. The first-order valence-corrected chi connectivity index (χ1v) is 3.00. The van der Waals surface area contributed by atoms with Crippen molar-refractivity contribution in [2.24, 2.45) is 0 Å². The topological polar surface area (TPSA) is 98.0 Å². The molecule has 0 aliphatic rings. The van der Waals surface area contributed by atoms with Crippen molar-refractivity contribution in [3.63, 3.8) is 0 Å². The van der Waals surface area contributed by atoms with Gasteiger partial charge in [0.1, 0.15) is 0 Å². The zero-order valence-electron chi connectivity index (χ0n) is 3.00. The fourth-order valence-corrected chi connectivity index (χ4v) is 0. The molecule has 0 bridgehead atoms. The van der Waals surface area contributed by atoms with Crippen LogP contribution in [-0.4, -0.2) is 18.9 Å². The monoisotopic (exact) mass is 171 g/mol. The summed E-state index contributed by atoms with van der Waals surface area (Å²) in [5, 5.41) is 0. The molecular formula is H4FeO5P. The Morgan fingerprint density at radius 1 is 1.14 bits per heavy atom. The average molecular weight is 171 g/mol. The van der Waals surface area contributed by atoms with E-state index in [1.165, 1.54) is 0 Å². The van der Waals surface area contributed by atoms with Crippen LogP contribution in [0, 0.1) is 0 Å². The van der Waals surface area contributed by atoms with Gasteiger partial charge in [0.05, 0.1) is 0 Å². The third-order valence-electron chi connectivity index (χ3n) is 0. The third-order valence-corrected chi connectivity index (χ3v) is 0. The van der Waals surface area contributed by atoms with Crippen molar-refractivity contribution >= 4 is 7.82 Å². The molecule has 0 atom stereocenters. The van der Waals surface area contributed by atoms with E-state index in [-0.39, 0.29) is 0 Å². The van der Waals surface area contributed by atoms with Crippen LogP contribution in [0.15, 0.2) is 0 Å². The van der Waals surface area contributed by atoms with Crippen LogP contribution in [0.2, 0.25) is 0 Å². The van der Waals surface area contributed by atoms with Crippen molar-refractivity contribution in [3.05, 3.63) is 0 Å². The van der Waals surface area contributed by atoms with E-state index in [4.69, 9.17) is 23.4 Å². The maximum atomic E-state index is 8.88. The van der Waals surface area contributed by atoms with Gasteiger partial charge < -0.3 is 14.7 Å². The SMILES string of the molecule is O=P(O)(O)O.[OH][Fe]. The van der Waals surface area contributed by atoms with Gasteiger partial charge >= 0.3 is 28.4 Å². The van der Waals surface area contributed by atoms with Gasteiger partial charge in [-0.05, 0) is 0 Å². The zero-order chi connectivity index (χ0) is 6.50. The van der Waals surface area contributed by atoms with Crippen molar-refractivity contribution in [2.75, 3.05) is 0 Å². The van der Waals surface area contributed by atoms with Crippen molar-refractivity contribution < 1.29 is 39.8 Å². The Balaban J connectivity index is 0. The average Bonchev–Trinajstić information content (AvgIpc) is 1.36. The molecule has 0 fully saturated rings. The van der Waals surface area contributed by atoms with Gasteiger partial charge in [0, 0.05) is 0 Å². The molecule has 7 heteroatoms. The summed E-state index contributed by atoms with van der Waals surface area (Å²) in [6, 6.07) is 0. The van der Waals surface area contributed by atoms with Gasteiger partial charge in [-0.15, -0.1) is 0 Å². The quantitative estimate of drug-likeness (QED) is 0.263. The van der Waals surface area contributed by atoms with E-state index in [1.54, 1.807) is 0 Å². The van der Waals surface area contributed by atoms with Crippen LogP contribution in [0.25, 0.3) is 0 Å². The molecule has 0 amide bonds. The number of phosphoric acid groups is 1. The van der Waals surface area contributed by atoms with Gasteiger partial charge in [0.15, 0.2) is 0 Å². The summed E-state index contributed by atoms with van der Waals surface area (Å²) in [6.45, 7) is 0. The molecule has 47 valence electrons. The first kappa shape index (κ1) is 10.5. The van der Waals surface area contributed by atoms with Crippen LogP contribution in [0.5, 0.6) is 0 Å². The Kier molecular flexibility index (Phi) is 7.14. The second-order valence-corrected chi connectivity index (χ2v) is 1.54. The van der Waals surface area contributed by atoms with E-state index < -0.39 is 7.82 Å². The Morgan fingerprint density at radius 2 is 1.14 bits per heavy atom. The Bertz CT molecular complexity index is 54.2. The molecule has 0 unspecified atom stereocenters.